The van der Waals surface area contributed by atoms with Crippen LogP contribution in [0.3, 0.4) is 0 Å². The van der Waals surface area contributed by atoms with Gasteiger partial charge in [0.05, 0.1) is 18.3 Å². The molecule has 1 fully saturated rings. The lowest BCUT2D eigenvalue weighted by molar-refractivity contribution is -0.142. The van der Waals surface area contributed by atoms with Gasteiger partial charge in [-0.2, -0.15) is 0 Å². The number of hydrogen-bond acceptors (Lipinski definition) is 6. The zero-order chi connectivity index (χ0) is 21.7. The molecule has 0 bridgehead atoms. The predicted molar refractivity (Wildman–Crippen MR) is 107 cm³/mol. The van der Waals surface area contributed by atoms with Gasteiger partial charge in [0.25, 0.3) is 0 Å². The lowest BCUT2D eigenvalue weighted by atomic mass is 9.48. The molecule has 1 saturated carbocycles. The van der Waals surface area contributed by atoms with E-state index in [1.807, 2.05) is 0 Å². The number of fused-ring (bicyclic) bond motifs is 2. The molecular formula is C23H32O6. The van der Waals surface area contributed by atoms with Gasteiger partial charge in [-0.1, -0.05) is 34.1 Å². The van der Waals surface area contributed by atoms with Crippen molar-refractivity contribution in [3.8, 4) is 0 Å². The first-order chi connectivity index (χ1) is 13.5. The number of hydrogen-bond donors (Lipinski definition) is 1. The van der Waals surface area contributed by atoms with Gasteiger partial charge >= 0.3 is 5.97 Å². The Hall–Kier alpha value is -1.95. The number of rotatable bonds is 4. The molecule has 0 saturated heterocycles. The summed E-state index contributed by atoms with van der Waals surface area (Å²) < 4.78 is 10.7. The van der Waals surface area contributed by atoms with Crippen molar-refractivity contribution in [2.75, 3.05) is 13.7 Å². The normalized spacial score (nSPS) is 32.6. The summed E-state index contributed by atoms with van der Waals surface area (Å²) in [4.78, 5) is 37.6. The van der Waals surface area contributed by atoms with E-state index in [-0.39, 0.29) is 29.3 Å². The SMILES string of the molecule is COC1C[C@H]2C(C)(C)CCC[C@]2(C)C2=C1C(O)=C(C(C)COC(C)=O)C(=O)C2=O. The van der Waals surface area contributed by atoms with Crippen LogP contribution in [0.5, 0.6) is 0 Å². The quantitative estimate of drug-likeness (QED) is 0.437. The molecule has 2 unspecified atom stereocenters. The second kappa shape index (κ2) is 7.38. The molecule has 6 heteroatoms. The fourth-order valence-electron chi connectivity index (χ4n) is 5.94. The van der Waals surface area contributed by atoms with Crippen molar-refractivity contribution in [1.82, 2.24) is 0 Å². The van der Waals surface area contributed by atoms with Crippen molar-refractivity contribution in [1.29, 1.82) is 0 Å². The minimum absolute atomic E-state index is 0.00780. The Bertz CT molecular complexity index is 817. The van der Waals surface area contributed by atoms with Gasteiger partial charge in [0.2, 0.25) is 11.6 Å². The van der Waals surface area contributed by atoms with Gasteiger partial charge < -0.3 is 14.6 Å². The van der Waals surface area contributed by atoms with E-state index in [1.54, 1.807) is 14.0 Å². The maximum absolute atomic E-state index is 13.4. The molecule has 160 valence electrons. The van der Waals surface area contributed by atoms with Crippen LogP contribution in [-0.2, 0) is 23.9 Å². The number of aliphatic hydroxyl groups is 1. The molecule has 0 amide bonds. The Morgan fingerprint density at radius 1 is 1.21 bits per heavy atom. The van der Waals surface area contributed by atoms with Crippen LogP contribution < -0.4 is 0 Å². The molecule has 3 aliphatic carbocycles. The first kappa shape index (κ1) is 21.8. The number of carbonyl (C=O) groups excluding carboxylic acids is 3. The van der Waals surface area contributed by atoms with Crippen LogP contribution in [0, 0.1) is 22.7 Å². The summed E-state index contributed by atoms with van der Waals surface area (Å²) in [6.07, 6.45) is 3.07. The van der Waals surface area contributed by atoms with E-state index in [0.29, 0.717) is 17.6 Å². The van der Waals surface area contributed by atoms with Gasteiger partial charge in [-0.25, -0.2) is 0 Å². The minimum atomic E-state index is -0.694. The molecule has 29 heavy (non-hydrogen) atoms. The van der Waals surface area contributed by atoms with Crippen molar-refractivity contribution >= 4 is 17.5 Å². The van der Waals surface area contributed by atoms with E-state index in [4.69, 9.17) is 9.47 Å². The number of esters is 1. The molecule has 0 aromatic carbocycles. The predicted octanol–water partition coefficient (Wildman–Crippen LogP) is 3.70. The lowest BCUT2D eigenvalue weighted by Gasteiger charge is -2.56. The molecule has 0 radical (unpaired) electrons. The highest BCUT2D eigenvalue weighted by Crippen LogP contribution is 2.61. The number of carbonyl (C=O) groups is 3. The first-order valence-corrected chi connectivity index (χ1v) is 10.4. The van der Waals surface area contributed by atoms with E-state index in [0.717, 1.165) is 19.3 Å². The summed E-state index contributed by atoms with van der Waals surface area (Å²) in [5, 5.41) is 11.2. The average Bonchev–Trinajstić information content (AvgIpc) is 2.63. The second-order valence-electron chi connectivity index (χ2n) is 9.69. The van der Waals surface area contributed by atoms with Crippen LogP contribution in [-0.4, -0.2) is 42.5 Å². The topological polar surface area (TPSA) is 89.9 Å². The standard InChI is InChI=1S/C23H32O6/c1-12(11-29-13(2)24)16-19(25)17-14(28-6)10-15-22(3,4)8-7-9-23(15,5)18(17)21(27)20(16)26/h12,14-15,25H,7-11H2,1-6H3/t12?,14?,15-,23-/m0/s1. The summed E-state index contributed by atoms with van der Waals surface area (Å²) in [6.45, 7) is 9.37. The largest absolute Gasteiger partial charge is 0.507 e. The maximum atomic E-state index is 13.4. The van der Waals surface area contributed by atoms with Gasteiger partial charge in [0.15, 0.2) is 0 Å². The van der Waals surface area contributed by atoms with Crippen LogP contribution in [0.1, 0.15) is 60.3 Å². The molecule has 0 aromatic rings. The number of aliphatic hydroxyl groups excluding tert-OH is 1. The number of Topliss-reactive ketones (excluding diaryl/α,β-unsaturated/α-hetero) is 2. The number of ether oxygens (including phenoxy) is 2. The van der Waals surface area contributed by atoms with Gasteiger partial charge in [-0.3, -0.25) is 14.4 Å². The summed E-state index contributed by atoms with van der Waals surface area (Å²) in [5.41, 5.74) is 0.442. The molecule has 3 aliphatic rings. The molecule has 0 aromatic heterocycles. The third-order valence-corrected chi connectivity index (χ3v) is 7.34. The molecule has 0 heterocycles. The number of allylic oxidation sites excluding steroid dienone is 1. The molecular weight excluding hydrogens is 372 g/mol. The molecule has 0 spiro atoms. The number of ketones is 2. The summed E-state index contributed by atoms with van der Waals surface area (Å²) in [6, 6.07) is 0. The summed E-state index contributed by atoms with van der Waals surface area (Å²) >= 11 is 0. The molecule has 1 N–H and O–H groups in total. The fourth-order valence-corrected chi connectivity index (χ4v) is 5.94. The lowest BCUT2D eigenvalue weighted by Crippen LogP contribution is -2.53. The maximum Gasteiger partial charge on any atom is 0.302 e. The van der Waals surface area contributed by atoms with Gasteiger partial charge in [-0.15, -0.1) is 0 Å². The zero-order valence-corrected chi connectivity index (χ0v) is 18.3. The molecule has 0 aliphatic heterocycles. The molecule has 6 nitrogen and oxygen atoms in total. The second-order valence-corrected chi connectivity index (χ2v) is 9.69. The fraction of sp³-hybridized carbons (Fsp3) is 0.696. The van der Waals surface area contributed by atoms with Crippen LogP contribution in [0.25, 0.3) is 0 Å². The van der Waals surface area contributed by atoms with Crippen LogP contribution in [0.15, 0.2) is 22.5 Å². The molecule has 3 rings (SSSR count). The third-order valence-electron chi connectivity index (χ3n) is 7.34. The van der Waals surface area contributed by atoms with Crippen molar-refractivity contribution in [2.45, 2.75) is 66.4 Å². The van der Waals surface area contributed by atoms with Gasteiger partial charge in [0.1, 0.15) is 5.76 Å². The van der Waals surface area contributed by atoms with E-state index >= 15 is 0 Å². The Labute approximate surface area is 172 Å². The van der Waals surface area contributed by atoms with Crippen molar-refractivity contribution in [3.05, 3.63) is 22.5 Å². The van der Waals surface area contributed by atoms with Crippen LogP contribution in [0.2, 0.25) is 0 Å². The molecule has 4 atom stereocenters. The highest BCUT2D eigenvalue weighted by Gasteiger charge is 2.58. The Morgan fingerprint density at radius 2 is 1.86 bits per heavy atom. The van der Waals surface area contributed by atoms with Crippen molar-refractivity contribution < 1.29 is 29.0 Å². The van der Waals surface area contributed by atoms with E-state index in [2.05, 4.69) is 20.8 Å². The van der Waals surface area contributed by atoms with Crippen molar-refractivity contribution in [3.63, 3.8) is 0 Å². The highest BCUT2D eigenvalue weighted by molar-refractivity contribution is 6.50. The summed E-state index contributed by atoms with van der Waals surface area (Å²) in [5.74, 6) is -2.29. The van der Waals surface area contributed by atoms with Gasteiger partial charge in [-0.05, 0) is 30.6 Å². The monoisotopic (exact) mass is 404 g/mol. The van der Waals surface area contributed by atoms with Crippen LogP contribution in [0.4, 0.5) is 0 Å². The summed E-state index contributed by atoms with van der Waals surface area (Å²) in [7, 11) is 1.57. The Balaban J connectivity index is 2.17. The number of methoxy groups -OCH3 is 1. The Morgan fingerprint density at radius 3 is 2.45 bits per heavy atom. The van der Waals surface area contributed by atoms with E-state index in [1.165, 1.54) is 6.92 Å². The van der Waals surface area contributed by atoms with Gasteiger partial charge in [0, 0.05) is 36.5 Å². The minimum Gasteiger partial charge on any atom is -0.507 e. The average molecular weight is 405 g/mol. The van der Waals surface area contributed by atoms with E-state index < -0.39 is 35.0 Å². The third kappa shape index (κ3) is 3.35. The smallest absolute Gasteiger partial charge is 0.302 e. The van der Waals surface area contributed by atoms with Crippen molar-refractivity contribution in [2.24, 2.45) is 22.7 Å². The highest BCUT2D eigenvalue weighted by atomic mass is 16.5. The first-order valence-electron chi connectivity index (χ1n) is 10.4. The van der Waals surface area contributed by atoms with Crippen LogP contribution >= 0.6 is 0 Å². The Kier molecular flexibility index (Phi) is 5.54. The van der Waals surface area contributed by atoms with E-state index in [9.17, 15) is 19.5 Å². The zero-order valence-electron chi connectivity index (χ0n) is 18.3.